The van der Waals surface area contributed by atoms with Gasteiger partial charge >= 0.3 is 0 Å². The Bertz CT molecular complexity index is 1350. The fourth-order valence-corrected chi connectivity index (χ4v) is 4.59. The van der Waals surface area contributed by atoms with E-state index in [-0.39, 0.29) is 5.91 Å². The van der Waals surface area contributed by atoms with Gasteiger partial charge in [0.05, 0.1) is 6.54 Å². The van der Waals surface area contributed by atoms with E-state index >= 15 is 0 Å². The Hall–Kier alpha value is -3.71. The Balaban J connectivity index is 1.42. The Kier molecular flexibility index (Phi) is 9.49. The summed E-state index contributed by atoms with van der Waals surface area (Å²) in [6, 6.07) is 19.7. The number of nitrogens with zero attached hydrogens (tertiary/aromatic N) is 4. The number of benzene rings is 2. The van der Waals surface area contributed by atoms with Crippen LogP contribution in [0.2, 0.25) is 0 Å². The highest BCUT2D eigenvalue weighted by molar-refractivity contribution is 5.94. The van der Waals surface area contributed by atoms with E-state index in [1.165, 1.54) is 11.1 Å². The fourth-order valence-electron chi connectivity index (χ4n) is 4.59. The highest BCUT2D eigenvalue weighted by Gasteiger charge is 2.21. The third-order valence-electron chi connectivity index (χ3n) is 6.44. The van der Waals surface area contributed by atoms with Crippen LogP contribution in [0.1, 0.15) is 54.5 Å². The second-order valence-corrected chi connectivity index (χ2v) is 10.1. The van der Waals surface area contributed by atoms with Crippen molar-refractivity contribution in [3.8, 4) is 5.75 Å². The van der Waals surface area contributed by atoms with Crippen LogP contribution in [-0.4, -0.2) is 45.0 Å². The van der Waals surface area contributed by atoms with E-state index in [4.69, 9.17) is 9.72 Å². The van der Waals surface area contributed by atoms with Crippen LogP contribution in [0.4, 0.5) is 0 Å². The van der Waals surface area contributed by atoms with Gasteiger partial charge in [0, 0.05) is 37.9 Å². The molecule has 0 fully saturated rings. The molecule has 0 bridgehead atoms. The number of fused-ring (bicyclic) bond motifs is 1. The van der Waals surface area contributed by atoms with Crippen LogP contribution in [0.5, 0.6) is 5.75 Å². The number of nitrogens with one attached hydrogen (secondary N) is 1. The van der Waals surface area contributed by atoms with Gasteiger partial charge in [0.15, 0.2) is 5.65 Å². The lowest BCUT2D eigenvalue weighted by Gasteiger charge is -2.25. The molecule has 2 aromatic carbocycles. The maximum atomic E-state index is 13.7. The second kappa shape index (κ2) is 13.2. The van der Waals surface area contributed by atoms with E-state index in [1.807, 2.05) is 41.3 Å². The van der Waals surface area contributed by atoms with Gasteiger partial charge in [-0.15, -0.1) is 0 Å². The number of hydrogen-bond donors (Lipinski definition) is 1. The zero-order valence-corrected chi connectivity index (χ0v) is 23.0. The van der Waals surface area contributed by atoms with E-state index in [9.17, 15) is 4.79 Å². The lowest BCUT2D eigenvalue weighted by atomic mass is 10.1. The van der Waals surface area contributed by atoms with Crippen LogP contribution >= 0.6 is 0 Å². The first-order chi connectivity index (χ1) is 18.5. The SMILES string of the molecule is CCCn1c(CN(CC(C)C)C(=O)c2cccc(OCCNCc3ccccc3C)c2)nc2cccnc21. The van der Waals surface area contributed by atoms with Gasteiger partial charge in [0.2, 0.25) is 0 Å². The van der Waals surface area contributed by atoms with Gasteiger partial charge in [-0.25, -0.2) is 9.97 Å². The van der Waals surface area contributed by atoms with Crippen molar-refractivity contribution < 1.29 is 9.53 Å². The number of imidazole rings is 1. The molecule has 0 aliphatic carbocycles. The van der Waals surface area contributed by atoms with Gasteiger partial charge < -0.3 is 19.5 Å². The van der Waals surface area contributed by atoms with Crippen molar-refractivity contribution in [3.63, 3.8) is 0 Å². The Morgan fingerprint density at radius 2 is 1.95 bits per heavy atom. The van der Waals surface area contributed by atoms with Crippen molar-refractivity contribution >= 4 is 17.1 Å². The van der Waals surface area contributed by atoms with Gasteiger partial charge in [-0.2, -0.15) is 0 Å². The van der Waals surface area contributed by atoms with E-state index in [0.717, 1.165) is 36.5 Å². The molecular formula is C31H39N5O2. The highest BCUT2D eigenvalue weighted by atomic mass is 16.5. The molecule has 4 aromatic rings. The molecule has 0 aliphatic rings. The number of carbonyl (C=O) groups is 1. The average Bonchev–Trinajstić information content (AvgIpc) is 3.25. The summed E-state index contributed by atoms with van der Waals surface area (Å²) >= 11 is 0. The van der Waals surface area contributed by atoms with Crippen molar-refractivity contribution in [2.45, 2.75) is 53.8 Å². The summed E-state index contributed by atoms with van der Waals surface area (Å²) in [6.07, 6.45) is 2.76. The molecule has 0 atom stereocenters. The highest BCUT2D eigenvalue weighted by Crippen LogP contribution is 2.20. The molecule has 0 aliphatic heterocycles. The number of pyridine rings is 1. The van der Waals surface area contributed by atoms with Gasteiger partial charge in [-0.05, 0) is 60.7 Å². The molecule has 7 nitrogen and oxygen atoms in total. The largest absolute Gasteiger partial charge is 0.492 e. The molecule has 0 spiro atoms. The van der Waals surface area contributed by atoms with Crippen molar-refractivity contribution in [2.75, 3.05) is 19.7 Å². The first kappa shape index (κ1) is 27.3. The minimum Gasteiger partial charge on any atom is -0.492 e. The fraction of sp³-hybridized carbons (Fsp3) is 0.387. The predicted molar refractivity (Wildman–Crippen MR) is 152 cm³/mol. The van der Waals surface area contributed by atoms with E-state index < -0.39 is 0 Å². The van der Waals surface area contributed by atoms with Crippen molar-refractivity contribution in [1.82, 2.24) is 24.8 Å². The minimum atomic E-state index is -0.0232. The van der Waals surface area contributed by atoms with Crippen molar-refractivity contribution in [1.29, 1.82) is 0 Å². The molecule has 0 unspecified atom stereocenters. The van der Waals surface area contributed by atoms with Crippen LogP contribution in [0.15, 0.2) is 66.9 Å². The molecule has 1 amide bonds. The van der Waals surface area contributed by atoms with Crippen LogP contribution < -0.4 is 10.1 Å². The molecule has 4 rings (SSSR count). The molecule has 2 heterocycles. The smallest absolute Gasteiger partial charge is 0.254 e. The molecule has 2 aromatic heterocycles. The first-order valence-electron chi connectivity index (χ1n) is 13.5. The number of rotatable bonds is 13. The molecule has 0 radical (unpaired) electrons. The van der Waals surface area contributed by atoms with E-state index in [1.54, 1.807) is 6.20 Å². The summed E-state index contributed by atoms with van der Waals surface area (Å²) in [5.41, 5.74) is 4.91. The molecule has 0 saturated carbocycles. The molecule has 200 valence electrons. The maximum Gasteiger partial charge on any atom is 0.254 e. The maximum absolute atomic E-state index is 13.7. The Labute approximate surface area is 225 Å². The number of carbonyl (C=O) groups excluding carboxylic acids is 1. The van der Waals surface area contributed by atoms with E-state index in [0.29, 0.717) is 43.5 Å². The zero-order chi connectivity index (χ0) is 26.9. The van der Waals surface area contributed by atoms with Crippen molar-refractivity contribution in [2.24, 2.45) is 5.92 Å². The second-order valence-electron chi connectivity index (χ2n) is 10.1. The molecule has 38 heavy (non-hydrogen) atoms. The van der Waals surface area contributed by atoms with Gasteiger partial charge in [-0.3, -0.25) is 4.79 Å². The number of aryl methyl sites for hydroxylation is 2. The molecular weight excluding hydrogens is 474 g/mol. The summed E-state index contributed by atoms with van der Waals surface area (Å²) < 4.78 is 8.12. The van der Waals surface area contributed by atoms with Crippen LogP contribution in [0.25, 0.3) is 11.2 Å². The third-order valence-corrected chi connectivity index (χ3v) is 6.44. The zero-order valence-electron chi connectivity index (χ0n) is 23.0. The molecule has 1 N–H and O–H groups in total. The van der Waals surface area contributed by atoms with E-state index in [2.05, 4.69) is 66.8 Å². The van der Waals surface area contributed by atoms with Gasteiger partial charge in [0.25, 0.3) is 5.91 Å². The minimum absolute atomic E-state index is 0.0232. The summed E-state index contributed by atoms with van der Waals surface area (Å²) in [5, 5.41) is 3.43. The number of ether oxygens (including phenoxy) is 1. The summed E-state index contributed by atoms with van der Waals surface area (Å²) in [6.45, 7) is 12.4. The Morgan fingerprint density at radius 1 is 1.11 bits per heavy atom. The third kappa shape index (κ3) is 6.98. The average molecular weight is 514 g/mol. The first-order valence-corrected chi connectivity index (χ1v) is 13.5. The van der Waals surface area contributed by atoms with Crippen molar-refractivity contribution in [3.05, 3.63) is 89.4 Å². The lowest BCUT2D eigenvalue weighted by molar-refractivity contribution is 0.0715. The monoisotopic (exact) mass is 513 g/mol. The molecule has 7 heteroatoms. The lowest BCUT2D eigenvalue weighted by Crippen LogP contribution is -2.34. The number of aromatic nitrogens is 3. The quantitative estimate of drug-likeness (QED) is 0.235. The topological polar surface area (TPSA) is 72.3 Å². The van der Waals surface area contributed by atoms with Gasteiger partial charge in [0.1, 0.15) is 23.7 Å². The summed E-state index contributed by atoms with van der Waals surface area (Å²) in [7, 11) is 0. The number of hydrogen-bond acceptors (Lipinski definition) is 5. The number of amides is 1. The van der Waals surface area contributed by atoms with Crippen LogP contribution in [0, 0.1) is 12.8 Å². The Morgan fingerprint density at radius 3 is 2.74 bits per heavy atom. The van der Waals surface area contributed by atoms with Crippen LogP contribution in [-0.2, 0) is 19.6 Å². The molecule has 0 saturated heterocycles. The predicted octanol–water partition coefficient (Wildman–Crippen LogP) is 5.62. The normalized spacial score (nSPS) is 11.3. The van der Waals surface area contributed by atoms with Crippen LogP contribution in [0.3, 0.4) is 0 Å². The standard InChI is InChI=1S/C31H39N5O2/c1-5-17-36-29(34-28-14-9-15-33-30(28)36)22-35(21-23(2)3)31(37)25-12-8-13-27(19-25)38-18-16-32-20-26-11-7-6-10-24(26)4/h6-15,19,23,32H,5,16-18,20-22H2,1-4H3. The summed E-state index contributed by atoms with van der Waals surface area (Å²) in [4.78, 5) is 25.0. The van der Waals surface area contributed by atoms with Gasteiger partial charge in [-0.1, -0.05) is 51.1 Å². The summed E-state index contributed by atoms with van der Waals surface area (Å²) in [5.74, 6) is 1.85.